The fraction of sp³-hybridized carbons (Fsp3) is 0.676. The summed E-state index contributed by atoms with van der Waals surface area (Å²) in [5, 5.41) is 0. The van der Waals surface area contributed by atoms with Crippen LogP contribution in [0.15, 0.2) is 15.8 Å². The number of nitrogens with zero attached hydrogens (tertiary/aromatic N) is 1. The van der Waals surface area contributed by atoms with Crippen LogP contribution in [-0.2, 0) is 6.42 Å². The molecule has 0 amide bonds. The molecule has 42 heavy (non-hydrogen) atoms. The quantitative estimate of drug-likeness (QED) is 0.256. The number of hydrogen-bond acceptors (Lipinski definition) is 5. The molecule has 3 unspecified atom stereocenters. The molecule has 0 spiro atoms. The molecule has 1 aromatic heterocycles. The molecular weight excluding hydrogens is 535 g/mol. The van der Waals surface area contributed by atoms with Gasteiger partial charge in [0.25, 0.3) is 5.56 Å². The highest BCUT2D eigenvalue weighted by molar-refractivity contribution is 5.75. The summed E-state index contributed by atoms with van der Waals surface area (Å²) in [6, 6.07) is 0. The Balaban J connectivity index is 1.58. The first-order valence-electron chi connectivity index (χ1n) is 15.8. The van der Waals surface area contributed by atoms with Crippen molar-refractivity contribution in [3.05, 3.63) is 55.1 Å². The number of fused-ring (bicyclic) bond motifs is 1. The Morgan fingerprint density at radius 2 is 1.57 bits per heavy atom. The van der Waals surface area contributed by atoms with Crippen LogP contribution < -0.4 is 20.7 Å². The molecule has 1 aromatic carbocycles. The summed E-state index contributed by atoms with van der Waals surface area (Å²) in [5.41, 5.74) is 0.821. The lowest BCUT2D eigenvalue weighted by molar-refractivity contribution is 0.0511. The van der Waals surface area contributed by atoms with E-state index in [0.717, 1.165) is 60.0 Å². The van der Waals surface area contributed by atoms with Crippen LogP contribution in [0.25, 0.3) is 0 Å². The zero-order valence-corrected chi connectivity index (χ0v) is 27.0. The monoisotopic (exact) mass is 586 g/mol. The van der Waals surface area contributed by atoms with Gasteiger partial charge in [-0.2, -0.15) is 8.96 Å². The highest BCUT2D eigenvalue weighted by Crippen LogP contribution is 2.45. The van der Waals surface area contributed by atoms with Gasteiger partial charge in [-0.25, -0.2) is 9.59 Å². The third-order valence-corrected chi connectivity index (χ3v) is 9.12. The SMILES string of the molecule is Cc1c(C)c2c(c(C)c1OC(=O)n1cc(F)c(=O)[nH]c1=O)CCC(C)(CCCC(C)CCCC(C)CCCC(C)C)O2. The van der Waals surface area contributed by atoms with Crippen LogP contribution >= 0.6 is 0 Å². The molecule has 0 aliphatic carbocycles. The number of carbonyl (C=O) groups excluding carboxylic acids is 1. The molecule has 0 radical (unpaired) electrons. The Bertz CT molecular complexity index is 1360. The van der Waals surface area contributed by atoms with E-state index >= 15 is 0 Å². The molecule has 234 valence electrons. The number of nitrogens with one attached hydrogen (secondary N) is 1. The van der Waals surface area contributed by atoms with Crippen LogP contribution in [0.4, 0.5) is 9.18 Å². The molecule has 3 rings (SSSR count). The van der Waals surface area contributed by atoms with E-state index in [-0.39, 0.29) is 5.60 Å². The Kier molecular flexibility index (Phi) is 11.6. The van der Waals surface area contributed by atoms with Crippen LogP contribution in [0.5, 0.6) is 11.5 Å². The fourth-order valence-corrected chi connectivity index (χ4v) is 6.13. The van der Waals surface area contributed by atoms with Crippen LogP contribution in [0.1, 0.15) is 121 Å². The number of benzene rings is 1. The second kappa shape index (κ2) is 14.5. The number of rotatable bonds is 13. The third kappa shape index (κ3) is 8.57. The van der Waals surface area contributed by atoms with Crippen molar-refractivity contribution in [2.45, 2.75) is 132 Å². The van der Waals surface area contributed by atoms with Crippen molar-refractivity contribution in [2.24, 2.45) is 17.8 Å². The number of carbonyl (C=O) groups is 1. The Morgan fingerprint density at radius 3 is 2.19 bits per heavy atom. The predicted octanol–water partition coefficient (Wildman–Crippen LogP) is 8.17. The van der Waals surface area contributed by atoms with E-state index in [1.807, 2.05) is 20.8 Å². The van der Waals surface area contributed by atoms with Gasteiger partial charge in [0.1, 0.15) is 17.1 Å². The Morgan fingerprint density at radius 1 is 0.976 bits per heavy atom. The maximum Gasteiger partial charge on any atom is 0.427 e. The van der Waals surface area contributed by atoms with Gasteiger partial charge in [0, 0.05) is 5.56 Å². The van der Waals surface area contributed by atoms with Gasteiger partial charge in [0.05, 0.1) is 6.20 Å². The maximum absolute atomic E-state index is 13.7. The van der Waals surface area contributed by atoms with Crippen molar-refractivity contribution >= 4 is 6.09 Å². The molecular formula is C34H51FN2O5. The largest absolute Gasteiger partial charge is 0.487 e. The molecule has 0 fully saturated rings. The van der Waals surface area contributed by atoms with Crippen LogP contribution in [0.3, 0.4) is 0 Å². The van der Waals surface area contributed by atoms with Gasteiger partial charge in [0.2, 0.25) is 5.82 Å². The van der Waals surface area contributed by atoms with Gasteiger partial charge < -0.3 is 9.47 Å². The van der Waals surface area contributed by atoms with E-state index in [1.165, 1.54) is 44.9 Å². The molecule has 7 nitrogen and oxygen atoms in total. The smallest absolute Gasteiger partial charge is 0.427 e. The second-order valence-electron chi connectivity index (χ2n) is 13.4. The molecule has 8 heteroatoms. The average Bonchev–Trinajstić information content (AvgIpc) is 2.91. The standard InChI is InChI=1S/C34H51FN2O5/c1-21(2)12-9-13-22(3)14-10-15-23(4)16-11-18-34(8)19-17-27-26(7)29(24(5)25(6)30(27)42-34)41-33(40)37-20-28(35)31(38)36-32(37)39/h20-23H,9-19H2,1-8H3,(H,36,38,39). The molecule has 1 N–H and O–H groups in total. The number of halogens is 1. The number of ether oxygens (including phenoxy) is 2. The lowest BCUT2D eigenvalue weighted by Gasteiger charge is -2.38. The lowest BCUT2D eigenvalue weighted by atomic mass is 9.83. The van der Waals surface area contributed by atoms with E-state index in [1.54, 1.807) is 4.98 Å². The average molecular weight is 587 g/mol. The number of hydrogen-bond donors (Lipinski definition) is 1. The fourth-order valence-electron chi connectivity index (χ4n) is 6.13. The van der Waals surface area contributed by atoms with E-state index in [2.05, 4.69) is 34.6 Å². The maximum atomic E-state index is 13.7. The third-order valence-electron chi connectivity index (χ3n) is 9.12. The second-order valence-corrected chi connectivity index (χ2v) is 13.4. The summed E-state index contributed by atoms with van der Waals surface area (Å²) in [6.07, 6.45) is 12.3. The van der Waals surface area contributed by atoms with Gasteiger partial charge in [-0.05, 0) is 87.8 Å². The van der Waals surface area contributed by atoms with Crippen molar-refractivity contribution in [1.29, 1.82) is 0 Å². The summed E-state index contributed by atoms with van der Waals surface area (Å²) in [4.78, 5) is 37.9. The minimum absolute atomic E-state index is 0.264. The summed E-state index contributed by atoms with van der Waals surface area (Å²) >= 11 is 0. The van der Waals surface area contributed by atoms with Gasteiger partial charge in [-0.3, -0.25) is 9.78 Å². The van der Waals surface area contributed by atoms with Crippen molar-refractivity contribution in [3.8, 4) is 11.5 Å². The van der Waals surface area contributed by atoms with Crippen LogP contribution in [0, 0.1) is 44.3 Å². The highest BCUT2D eigenvalue weighted by Gasteiger charge is 2.35. The van der Waals surface area contributed by atoms with Crippen molar-refractivity contribution < 1.29 is 18.7 Å². The Labute approximate surface area is 250 Å². The normalized spacial score (nSPS) is 18.0. The number of aromatic amines is 1. The number of H-pyrrole nitrogens is 1. The van der Waals surface area contributed by atoms with Gasteiger partial charge >= 0.3 is 11.8 Å². The van der Waals surface area contributed by atoms with E-state index in [9.17, 15) is 18.8 Å². The zero-order chi connectivity index (χ0) is 31.2. The van der Waals surface area contributed by atoms with Crippen molar-refractivity contribution in [3.63, 3.8) is 0 Å². The molecule has 0 saturated heterocycles. The minimum atomic E-state index is -1.24. The van der Waals surface area contributed by atoms with Gasteiger partial charge in [0.15, 0.2) is 0 Å². The molecule has 1 aliphatic rings. The molecule has 1 aliphatic heterocycles. The van der Waals surface area contributed by atoms with Gasteiger partial charge in [-0.15, -0.1) is 0 Å². The van der Waals surface area contributed by atoms with E-state index < -0.39 is 23.2 Å². The first-order chi connectivity index (χ1) is 19.7. The minimum Gasteiger partial charge on any atom is -0.487 e. The zero-order valence-electron chi connectivity index (χ0n) is 27.0. The highest BCUT2D eigenvalue weighted by atomic mass is 19.1. The molecule has 0 saturated carbocycles. The first-order valence-corrected chi connectivity index (χ1v) is 15.8. The molecule has 0 bridgehead atoms. The summed E-state index contributed by atoms with van der Waals surface area (Å²) in [5.74, 6) is 2.25. The van der Waals surface area contributed by atoms with Crippen LogP contribution in [0.2, 0.25) is 0 Å². The molecule has 2 aromatic rings. The van der Waals surface area contributed by atoms with Crippen LogP contribution in [-0.4, -0.2) is 21.2 Å². The summed E-state index contributed by atoms with van der Waals surface area (Å²) in [6.45, 7) is 17.2. The lowest BCUT2D eigenvalue weighted by Crippen LogP contribution is -2.38. The van der Waals surface area contributed by atoms with Gasteiger partial charge in [-0.1, -0.05) is 72.6 Å². The Hall–Kier alpha value is -2.90. The summed E-state index contributed by atoms with van der Waals surface area (Å²) in [7, 11) is 0. The molecule has 3 atom stereocenters. The van der Waals surface area contributed by atoms with E-state index in [4.69, 9.17) is 9.47 Å². The first kappa shape index (κ1) is 33.6. The number of aromatic nitrogens is 2. The van der Waals surface area contributed by atoms with E-state index in [0.29, 0.717) is 28.0 Å². The predicted molar refractivity (Wildman–Crippen MR) is 165 cm³/mol. The topological polar surface area (TPSA) is 90.4 Å². The van der Waals surface area contributed by atoms with Crippen molar-refractivity contribution in [1.82, 2.24) is 9.55 Å². The molecule has 2 heterocycles. The van der Waals surface area contributed by atoms with Crippen molar-refractivity contribution in [2.75, 3.05) is 0 Å². The summed E-state index contributed by atoms with van der Waals surface area (Å²) < 4.78 is 26.4.